The van der Waals surface area contributed by atoms with E-state index in [9.17, 15) is 4.79 Å². The number of nitrogens with zero attached hydrogens (tertiary/aromatic N) is 3. The Morgan fingerprint density at radius 3 is 2.96 bits per heavy atom. The van der Waals surface area contributed by atoms with E-state index < -0.39 is 0 Å². The van der Waals surface area contributed by atoms with Crippen molar-refractivity contribution in [1.29, 1.82) is 0 Å². The molecule has 1 saturated heterocycles. The molecule has 7 nitrogen and oxygen atoms in total. The predicted octanol–water partition coefficient (Wildman–Crippen LogP) is 2.98. The van der Waals surface area contributed by atoms with Crippen LogP contribution in [0.5, 0.6) is 0 Å². The van der Waals surface area contributed by atoms with Crippen LogP contribution in [0.25, 0.3) is 11.3 Å². The van der Waals surface area contributed by atoms with Gasteiger partial charge in [0.15, 0.2) is 5.76 Å². The third-order valence-corrected chi connectivity index (χ3v) is 4.80. The number of aryl methyl sites for hydroxylation is 1. The fourth-order valence-corrected chi connectivity index (χ4v) is 3.35. The number of aromatic amines is 1. The second-order valence-electron chi connectivity index (χ2n) is 6.42. The van der Waals surface area contributed by atoms with Crippen molar-refractivity contribution in [1.82, 2.24) is 19.9 Å². The van der Waals surface area contributed by atoms with Gasteiger partial charge in [0.1, 0.15) is 5.82 Å². The number of pyridine rings is 1. The molecular weight excluding hydrogens is 332 g/mol. The van der Waals surface area contributed by atoms with Gasteiger partial charge in [0.2, 0.25) is 0 Å². The van der Waals surface area contributed by atoms with Gasteiger partial charge in [0.25, 0.3) is 5.91 Å². The first-order valence-electron chi connectivity index (χ1n) is 8.50. The lowest BCUT2D eigenvalue weighted by molar-refractivity contribution is 0.0653. The summed E-state index contributed by atoms with van der Waals surface area (Å²) in [7, 11) is 1.66. The van der Waals surface area contributed by atoms with E-state index in [1.54, 1.807) is 36.7 Å². The molecule has 1 N–H and O–H groups in total. The highest BCUT2D eigenvalue weighted by molar-refractivity contribution is 5.93. The molecule has 1 aliphatic rings. The van der Waals surface area contributed by atoms with Crippen LogP contribution in [-0.4, -0.2) is 45.5 Å². The number of ether oxygens (including phenoxy) is 1. The Morgan fingerprint density at radius 2 is 2.27 bits per heavy atom. The molecule has 1 aliphatic heterocycles. The minimum absolute atomic E-state index is 0.0360. The number of likely N-dealkylation sites (tertiary alicyclic amines) is 1. The number of hydrogen-bond acceptors (Lipinski definition) is 5. The first-order chi connectivity index (χ1) is 12.7. The Bertz CT molecular complexity index is 902. The first kappa shape index (κ1) is 16.5. The molecule has 1 fully saturated rings. The highest BCUT2D eigenvalue weighted by atomic mass is 16.5. The van der Waals surface area contributed by atoms with Crippen LogP contribution in [-0.2, 0) is 4.74 Å². The number of amides is 1. The SMILES string of the molecule is CO[C@@H]1C[C@@H](c2ncc(-c3cccnc3)[nH]2)N(C(=O)c2occc2C)C1. The summed E-state index contributed by atoms with van der Waals surface area (Å²) in [4.78, 5) is 26.7. The van der Waals surface area contributed by atoms with E-state index in [-0.39, 0.29) is 18.1 Å². The molecule has 2 atom stereocenters. The minimum atomic E-state index is -0.192. The normalized spacial score (nSPS) is 19.8. The lowest BCUT2D eigenvalue weighted by atomic mass is 10.1. The summed E-state index contributed by atoms with van der Waals surface area (Å²) in [5.41, 5.74) is 2.65. The number of methoxy groups -OCH3 is 1. The second kappa shape index (κ2) is 6.76. The number of furan rings is 1. The summed E-state index contributed by atoms with van der Waals surface area (Å²) in [5.74, 6) is 0.961. The van der Waals surface area contributed by atoms with Gasteiger partial charge in [-0.2, -0.15) is 0 Å². The molecule has 0 bridgehead atoms. The molecule has 7 heteroatoms. The quantitative estimate of drug-likeness (QED) is 0.780. The lowest BCUT2D eigenvalue weighted by Gasteiger charge is -2.22. The fourth-order valence-electron chi connectivity index (χ4n) is 3.35. The monoisotopic (exact) mass is 352 g/mol. The number of aromatic nitrogens is 3. The van der Waals surface area contributed by atoms with Crippen LogP contribution < -0.4 is 0 Å². The van der Waals surface area contributed by atoms with Crippen molar-refractivity contribution < 1.29 is 13.9 Å². The van der Waals surface area contributed by atoms with Crippen molar-refractivity contribution in [3.05, 3.63) is 60.2 Å². The van der Waals surface area contributed by atoms with E-state index in [1.807, 2.05) is 19.1 Å². The Kier molecular flexibility index (Phi) is 4.30. The summed E-state index contributed by atoms with van der Waals surface area (Å²) < 4.78 is 10.9. The maximum atomic E-state index is 13.0. The summed E-state index contributed by atoms with van der Waals surface area (Å²) in [6.07, 6.45) is 7.46. The maximum absolute atomic E-state index is 13.0. The van der Waals surface area contributed by atoms with Crippen LogP contribution in [0.15, 0.2) is 47.5 Å². The molecule has 0 unspecified atom stereocenters. The lowest BCUT2D eigenvalue weighted by Crippen LogP contribution is -2.32. The van der Waals surface area contributed by atoms with E-state index in [0.29, 0.717) is 18.7 Å². The van der Waals surface area contributed by atoms with E-state index in [1.165, 1.54) is 6.26 Å². The van der Waals surface area contributed by atoms with Crippen LogP contribution in [0.2, 0.25) is 0 Å². The highest BCUT2D eigenvalue weighted by Crippen LogP contribution is 2.34. The molecule has 3 aromatic heterocycles. The molecule has 4 rings (SSSR count). The summed E-state index contributed by atoms with van der Waals surface area (Å²) in [5, 5.41) is 0. The van der Waals surface area contributed by atoms with Gasteiger partial charge in [-0.3, -0.25) is 9.78 Å². The molecule has 0 aliphatic carbocycles. The van der Waals surface area contributed by atoms with Crippen molar-refractivity contribution in [3.8, 4) is 11.3 Å². The van der Waals surface area contributed by atoms with Gasteiger partial charge in [0, 0.05) is 43.6 Å². The molecule has 0 saturated carbocycles. The zero-order valence-electron chi connectivity index (χ0n) is 14.7. The number of rotatable bonds is 4. The molecule has 26 heavy (non-hydrogen) atoms. The van der Waals surface area contributed by atoms with Crippen molar-refractivity contribution in [2.75, 3.05) is 13.7 Å². The fraction of sp³-hybridized carbons (Fsp3) is 0.316. The molecule has 0 radical (unpaired) electrons. The summed E-state index contributed by atoms with van der Waals surface area (Å²) >= 11 is 0. The molecule has 0 spiro atoms. The van der Waals surface area contributed by atoms with Crippen molar-refractivity contribution in [3.63, 3.8) is 0 Å². The largest absolute Gasteiger partial charge is 0.459 e. The summed E-state index contributed by atoms with van der Waals surface area (Å²) in [6, 6.07) is 5.44. The molecule has 3 aromatic rings. The predicted molar refractivity (Wildman–Crippen MR) is 94.5 cm³/mol. The molecule has 134 valence electrons. The second-order valence-corrected chi connectivity index (χ2v) is 6.42. The number of imidazole rings is 1. The highest BCUT2D eigenvalue weighted by Gasteiger charge is 2.39. The zero-order chi connectivity index (χ0) is 18.1. The topological polar surface area (TPSA) is 84.3 Å². The van der Waals surface area contributed by atoms with Gasteiger partial charge in [-0.15, -0.1) is 0 Å². The average Bonchev–Trinajstić information content (AvgIpc) is 3.40. The van der Waals surface area contributed by atoms with Gasteiger partial charge in [0.05, 0.1) is 30.3 Å². The zero-order valence-corrected chi connectivity index (χ0v) is 14.7. The van der Waals surface area contributed by atoms with Crippen LogP contribution in [0, 0.1) is 6.92 Å². The average molecular weight is 352 g/mol. The smallest absolute Gasteiger partial charge is 0.290 e. The van der Waals surface area contributed by atoms with Crippen LogP contribution in [0.4, 0.5) is 0 Å². The van der Waals surface area contributed by atoms with Crippen molar-refractivity contribution >= 4 is 5.91 Å². The molecular formula is C19H20N4O3. The van der Waals surface area contributed by atoms with E-state index in [0.717, 1.165) is 22.6 Å². The third-order valence-electron chi connectivity index (χ3n) is 4.80. The van der Waals surface area contributed by atoms with Gasteiger partial charge >= 0.3 is 0 Å². The van der Waals surface area contributed by atoms with Gasteiger partial charge in [-0.25, -0.2) is 4.98 Å². The Morgan fingerprint density at radius 1 is 1.38 bits per heavy atom. The number of carbonyl (C=O) groups excluding carboxylic acids is 1. The van der Waals surface area contributed by atoms with Crippen molar-refractivity contribution in [2.24, 2.45) is 0 Å². The van der Waals surface area contributed by atoms with Crippen LogP contribution >= 0.6 is 0 Å². The number of H-pyrrole nitrogens is 1. The van der Waals surface area contributed by atoms with Gasteiger partial charge in [-0.05, 0) is 25.1 Å². The molecule has 4 heterocycles. The molecule has 1 amide bonds. The number of hydrogen-bond donors (Lipinski definition) is 1. The number of carbonyl (C=O) groups is 1. The maximum Gasteiger partial charge on any atom is 0.290 e. The first-order valence-corrected chi connectivity index (χ1v) is 8.50. The molecule has 0 aromatic carbocycles. The third kappa shape index (κ3) is 2.90. The van der Waals surface area contributed by atoms with E-state index in [2.05, 4.69) is 15.0 Å². The Balaban J connectivity index is 1.64. The number of nitrogens with one attached hydrogen (secondary N) is 1. The van der Waals surface area contributed by atoms with Gasteiger partial charge in [-0.1, -0.05) is 0 Å². The van der Waals surface area contributed by atoms with E-state index in [4.69, 9.17) is 9.15 Å². The van der Waals surface area contributed by atoms with Crippen LogP contribution in [0.3, 0.4) is 0 Å². The minimum Gasteiger partial charge on any atom is -0.459 e. The van der Waals surface area contributed by atoms with Crippen molar-refractivity contribution in [2.45, 2.75) is 25.5 Å². The van der Waals surface area contributed by atoms with E-state index >= 15 is 0 Å². The Hall–Kier alpha value is -2.93. The summed E-state index contributed by atoms with van der Waals surface area (Å²) in [6.45, 7) is 2.37. The Labute approximate surface area is 151 Å². The standard InChI is InChI=1S/C19H20N4O3/c1-12-5-7-26-17(12)19(24)23-11-14(25-2)8-16(23)18-21-10-15(22-18)13-4-3-6-20-9-13/h3-7,9-10,14,16H,8,11H2,1-2H3,(H,21,22)/t14-,16+/m1/s1. The van der Waals surface area contributed by atoms with Gasteiger partial charge < -0.3 is 19.0 Å². The van der Waals surface area contributed by atoms with Crippen LogP contribution in [0.1, 0.15) is 34.4 Å².